The van der Waals surface area contributed by atoms with E-state index in [9.17, 15) is 14.4 Å². The Morgan fingerprint density at radius 3 is 2.45 bits per heavy atom. The van der Waals surface area contributed by atoms with Crippen molar-refractivity contribution in [2.75, 3.05) is 13.7 Å². The molecule has 2 atom stereocenters. The number of methoxy groups -OCH3 is 1. The van der Waals surface area contributed by atoms with Gasteiger partial charge < -0.3 is 14.8 Å². The number of benzene rings is 2. The molecule has 1 N–H and O–H groups in total. The minimum Gasteiger partial charge on any atom is -0.467 e. The molecule has 0 spiro atoms. The van der Waals surface area contributed by atoms with Gasteiger partial charge in [-0.1, -0.05) is 48.0 Å². The molecule has 1 aliphatic carbocycles. The highest BCUT2D eigenvalue weighted by Gasteiger charge is 2.52. The third-order valence-electron chi connectivity index (χ3n) is 6.42. The van der Waals surface area contributed by atoms with Gasteiger partial charge in [-0.2, -0.15) is 0 Å². The van der Waals surface area contributed by atoms with E-state index < -0.39 is 23.5 Å². The van der Waals surface area contributed by atoms with Gasteiger partial charge in [-0.05, 0) is 37.5 Å². The first-order valence-corrected chi connectivity index (χ1v) is 11.0. The molecule has 7 nitrogen and oxygen atoms in total. The molecule has 3 aromatic rings. The summed E-state index contributed by atoms with van der Waals surface area (Å²) >= 11 is 0. The Balaban J connectivity index is 2.00. The summed E-state index contributed by atoms with van der Waals surface area (Å²) in [5.41, 5.74) is 2.98. The molecule has 33 heavy (non-hydrogen) atoms. The van der Waals surface area contributed by atoms with E-state index in [1.54, 1.807) is 11.5 Å². The lowest BCUT2D eigenvalue weighted by Crippen LogP contribution is -2.62. The molecule has 7 heteroatoms. The highest BCUT2D eigenvalue weighted by atomic mass is 16.5. The lowest BCUT2D eigenvalue weighted by atomic mass is 9.68. The third-order valence-corrected chi connectivity index (χ3v) is 6.42. The van der Waals surface area contributed by atoms with Crippen LogP contribution in [0.15, 0.2) is 48.5 Å². The van der Waals surface area contributed by atoms with E-state index in [0.29, 0.717) is 11.9 Å². The molecule has 0 unspecified atom stereocenters. The van der Waals surface area contributed by atoms with Crippen molar-refractivity contribution in [1.82, 2.24) is 9.88 Å². The molecule has 4 rings (SSSR count). The van der Waals surface area contributed by atoms with Crippen molar-refractivity contribution in [3.05, 3.63) is 70.9 Å². The number of ether oxygens (including phenoxy) is 2. The average Bonchev–Trinajstić information content (AvgIpc) is 3.11. The predicted molar refractivity (Wildman–Crippen MR) is 124 cm³/mol. The van der Waals surface area contributed by atoms with Crippen LogP contribution in [0.4, 0.5) is 4.79 Å². The number of amides is 1. The molecular weight excluding hydrogens is 420 g/mol. The Kier molecular flexibility index (Phi) is 5.97. The standard InChI is InChI=1S/C26H28N2O5/c1-5-33-25(31)28-22-9-7-6-8-19(22)20-15-26(24(30)32-4,27-17(3)29)21(14-23(20)28)18-12-10-16(2)11-13-18/h6-13,21H,5,14-15H2,1-4H3,(H,27,29)/t21-,26+/m1/s1. The molecule has 1 heterocycles. The molecule has 0 aliphatic heterocycles. The molecule has 0 saturated carbocycles. The first-order valence-electron chi connectivity index (χ1n) is 11.0. The van der Waals surface area contributed by atoms with Gasteiger partial charge in [0, 0.05) is 30.3 Å². The van der Waals surface area contributed by atoms with Gasteiger partial charge in [0.05, 0.1) is 19.2 Å². The van der Waals surface area contributed by atoms with Crippen LogP contribution >= 0.6 is 0 Å². The summed E-state index contributed by atoms with van der Waals surface area (Å²) in [6.07, 6.45) is 0.0871. The van der Waals surface area contributed by atoms with Crippen LogP contribution in [0.1, 0.15) is 42.1 Å². The fourth-order valence-corrected chi connectivity index (χ4v) is 5.03. The number of para-hydroxylation sites is 1. The van der Waals surface area contributed by atoms with Crippen molar-refractivity contribution in [3.63, 3.8) is 0 Å². The van der Waals surface area contributed by atoms with Crippen LogP contribution < -0.4 is 5.32 Å². The number of hydrogen-bond donors (Lipinski definition) is 1. The van der Waals surface area contributed by atoms with Crippen molar-refractivity contribution in [2.24, 2.45) is 0 Å². The highest BCUT2D eigenvalue weighted by molar-refractivity contribution is 5.96. The second-order valence-electron chi connectivity index (χ2n) is 8.47. The zero-order valence-corrected chi connectivity index (χ0v) is 19.3. The number of hydrogen-bond acceptors (Lipinski definition) is 5. The molecule has 2 aromatic carbocycles. The zero-order chi connectivity index (χ0) is 23.8. The Hall–Kier alpha value is -3.61. The molecule has 0 radical (unpaired) electrons. The largest absolute Gasteiger partial charge is 0.467 e. The van der Waals surface area contributed by atoms with Gasteiger partial charge in [0.15, 0.2) is 0 Å². The van der Waals surface area contributed by atoms with E-state index >= 15 is 0 Å². The summed E-state index contributed by atoms with van der Waals surface area (Å²) in [4.78, 5) is 38.7. The van der Waals surface area contributed by atoms with Gasteiger partial charge in [0.2, 0.25) is 5.91 Å². The fraction of sp³-hybridized carbons (Fsp3) is 0.346. The van der Waals surface area contributed by atoms with Gasteiger partial charge in [-0.3, -0.25) is 4.79 Å². The number of nitrogens with zero attached hydrogens (tertiary/aromatic N) is 1. The smallest absolute Gasteiger partial charge is 0.418 e. The van der Waals surface area contributed by atoms with E-state index in [0.717, 1.165) is 27.8 Å². The summed E-state index contributed by atoms with van der Waals surface area (Å²) in [6, 6.07) is 15.4. The normalized spacial score (nSPS) is 19.6. The summed E-state index contributed by atoms with van der Waals surface area (Å²) < 4.78 is 12.2. The number of carbonyl (C=O) groups excluding carboxylic acids is 3. The third kappa shape index (κ3) is 3.77. The first kappa shape index (κ1) is 22.6. The van der Waals surface area contributed by atoms with Crippen LogP contribution in [0.3, 0.4) is 0 Å². The van der Waals surface area contributed by atoms with Crippen molar-refractivity contribution in [2.45, 2.75) is 45.1 Å². The Bertz CT molecular complexity index is 1230. The number of esters is 1. The van der Waals surface area contributed by atoms with Crippen LogP contribution in [0, 0.1) is 6.92 Å². The maximum atomic E-state index is 13.3. The molecule has 0 saturated heterocycles. The number of nitrogens with one attached hydrogen (secondary N) is 1. The fourth-order valence-electron chi connectivity index (χ4n) is 5.03. The lowest BCUT2D eigenvalue weighted by Gasteiger charge is -2.42. The van der Waals surface area contributed by atoms with Crippen LogP contribution in [-0.2, 0) is 31.9 Å². The maximum absolute atomic E-state index is 13.3. The molecule has 0 fully saturated rings. The van der Waals surface area contributed by atoms with Crippen molar-refractivity contribution in [3.8, 4) is 0 Å². The van der Waals surface area contributed by atoms with Gasteiger partial charge >= 0.3 is 12.1 Å². The minimum absolute atomic E-state index is 0.194. The number of carbonyl (C=O) groups is 3. The first-order chi connectivity index (χ1) is 15.8. The van der Waals surface area contributed by atoms with Crippen LogP contribution in [0.5, 0.6) is 0 Å². The van der Waals surface area contributed by atoms with Gasteiger partial charge in [0.25, 0.3) is 0 Å². The quantitative estimate of drug-likeness (QED) is 0.612. The Labute approximate surface area is 192 Å². The second kappa shape index (κ2) is 8.73. The number of rotatable bonds is 4. The molecule has 1 aromatic heterocycles. The second-order valence-corrected chi connectivity index (χ2v) is 8.47. The lowest BCUT2D eigenvalue weighted by molar-refractivity contribution is -0.152. The van der Waals surface area contributed by atoms with E-state index in [4.69, 9.17) is 9.47 Å². The Morgan fingerprint density at radius 2 is 1.82 bits per heavy atom. The monoisotopic (exact) mass is 448 g/mol. The molecule has 1 aliphatic rings. The van der Waals surface area contributed by atoms with Crippen LogP contribution in [0.25, 0.3) is 10.9 Å². The maximum Gasteiger partial charge on any atom is 0.418 e. The van der Waals surface area contributed by atoms with Gasteiger partial charge in [-0.15, -0.1) is 0 Å². The van der Waals surface area contributed by atoms with E-state index in [1.807, 2.05) is 55.5 Å². The van der Waals surface area contributed by atoms with E-state index in [2.05, 4.69) is 5.32 Å². The number of aromatic nitrogens is 1. The summed E-state index contributed by atoms with van der Waals surface area (Å²) in [7, 11) is 1.33. The van der Waals surface area contributed by atoms with Crippen LogP contribution in [-0.4, -0.2) is 41.8 Å². The van der Waals surface area contributed by atoms with Crippen molar-refractivity contribution in [1.29, 1.82) is 0 Å². The van der Waals surface area contributed by atoms with Crippen molar-refractivity contribution < 1.29 is 23.9 Å². The van der Waals surface area contributed by atoms with Gasteiger partial charge in [-0.25, -0.2) is 14.2 Å². The summed E-state index contributed by atoms with van der Waals surface area (Å²) in [5, 5.41) is 3.79. The average molecular weight is 449 g/mol. The number of aryl methyl sites for hydroxylation is 1. The SMILES string of the molecule is CCOC(=O)n1c2c(c3ccccc31)C[C@@](NC(C)=O)(C(=O)OC)[C@@H](c1ccc(C)cc1)C2. The topological polar surface area (TPSA) is 86.6 Å². The van der Waals surface area contributed by atoms with E-state index in [1.165, 1.54) is 14.0 Å². The minimum atomic E-state index is -1.31. The van der Waals surface area contributed by atoms with Gasteiger partial charge in [0.1, 0.15) is 5.54 Å². The highest BCUT2D eigenvalue weighted by Crippen LogP contribution is 2.44. The number of fused-ring (bicyclic) bond motifs is 3. The van der Waals surface area contributed by atoms with E-state index in [-0.39, 0.29) is 18.9 Å². The molecular formula is C26H28N2O5. The summed E-state index contributed by atoms with van der Waals surface area (Å²) in [5.74, 6) is -1.28. The summed E-state index contributed by atoms with van der Waals surface area (Å²) in [6.45, 7) is 5.40. The zero-order valence-electron chi connectivity index (χ0n) is 19.3. The molecule has 1 amide bonds. The van der Waals surface area contributed by atoms with Crippen molar-refractivity contribution >= 4 is 28.9 Å². The molecule has 172 valence electrons. The van der Waals surface area contributed by atoms with Crippen LogP contribution in [0.2, 0.25) is 0 Å². The Morgan fingerprint density at radius 1 is 1.12 bits per heavy atom. The molecule has 0 bridgehead atoms. The predicted octanol–water partition coefficient (Wildman–Crippen LogP) is 3.88.